The molecule has 2 atom stereocenters. The Hall–Kier alpha value is -4.36. The molecule has 1 aliphatic carbocycles. The molecule has 0 bridgehead atoms. The Kier molecular flexibility index (Phi) is 7.13. The fourth-order valence-electron chi connectivity index (χ4n) is 5.94. The van der Waals surface area contributed by atoms with E-state index in [1.807, 2.05) is 59.2 Å². The van der Waals surface area contributed by atoms with Crippen LogP contribution in [0.3, 0.4) is 0 Å². The summed E-state index contributed by atoms with van der Waals surface area (Å²) < 4.78 is 15.0. The van der Waals surface area contributed by atoms with Gasteiger partial charge in [0.05, 0.1) is 43.8 Å². The first-order valence-corrected chi connectivity index (χ1v) is 13.8. The van der Waals surface area contributed by atoms with Crippen LogP contribution < -0.4 is 15.0 Å². The van der Waals surface area contributed by atoms with Gasteiger partial charge in [-0.3, -0.25) is 5.41 Å². The van der Waals surface area contributed by atoms with E-state index in [1.54, 1.807) is 20.5 Å². The van der Waals surface area contributed by atoms with Crippen LogP contribution in [-0.2, 0) is 6.54 Å². The quantitative estimate of drug-likeness (QED) is 0.261. The molecule has 6 rings (SSSR count). The number of ether oxygens (including phenoxy) is 2. The minimum atomic E-state index is -0.487. The molecule has 0 aliphatic heterocycles. The third-order valence-corrected chi connectivity index (χ3v) is 8.01. The number of nitrogens with one attached hydrogen (secondary N) is 1. The smallest absolute Gasteiger partial charge is 0.146 e. The summed E-state index contributed by atoms with van der Waals surface area (Å²) in [5.74, 6) is 1.55. The molecule has 2 aromatic heterocycles. The maximum Gasteiger partial charge on any atom is 0.146 e. The van der Waals surface area contributed by atoms with E-state index in [2.05, 4.69) is 28.8 Å². The number of fused-ring (bicyclic) bond motifs is 1. The van der Waals surface area contributed by atoms with Crippen LogP contribution in [0.25, 0.3) is 33.4 Å². The van der Waals surface area contributed by atoms with Gasteiger partial charge in [-0.25, -0.2) is 4.98 Å². The van der Waals surface area contributed by atoms with Crippen molar-refractivity contribution in [3.8, 4) is 33.9 Å². The average molecular weight is 535 g/mol. The van der Waals surface area contributed by atoms with Gasteiger partial charge in [0.15, 0.2) is 0 Å². The predicted molar refractivity (Wildman–Crippen MR) is 157 cm³/mol. The summed E-state index contributed by atoms with van der Waals surface area (Å²) in [5.41, 5.74) is 6.15. The van der Waals surface area contributed by atoms with Gasteiger partial charge in [0, 0.05) is 12.1 Å². The number of nitrogens with zero attached hydrogens (tertiary/aromatic N) is 3. The van der Waals surface area contributed by atoms with Gasteiger partial charge in [-0.05, 0) is 65.9 Å². The highest BCUT2D eigenvalue weighted by molar-refractivity contribution is 6.02. The van der Waals surface area contributed by atoms with Crippen LogP contribution in [0, 0.1) is 5.41 Å². The fraction of sp³-hybridized carbons (Fsp3) is 0.273. The topological polar surface area (TPSA) is 85.3 Å². The first kappa shape index (κ1) is 25.9. The van der Waals surface area contributed by atoms with Crippen molar-refractivity contribution >= 4 is 11.0 Å². The molecule has 1 saturated carbocycles. The van der Waals surface area contributed by atoms with Crippen molar-refractivity contribution in [2.75, 3.05) is 14.2 Å². The maximum atomic E-state index is 10.9. The monoisotopic (exact) mass is 534 g/mol. The van der Waals surface area contributed by atoms with Crippen molar-refractivity contribution in [1.29, 1.82) is 5.41 Å². The van der Waals surface area contributed by atoms with Gasteiger partial charge in [-0.15, -0.1) is 0 Å². The molecular formula is C33H34N4O3. The third kappa shape index (κ3) is 4.67. The molecule has 40 heavy (non-hydrogen) atoms. The molecule has 7 heteroatoms. The van der Waals surface area contributed by atoms with E-state index in [0.29, 0.717) is 12.0 Å². The number of hydrogen-bond acceptors (Lipinski definition) is 5. The molecule has 0 spiro atoms. The van der Waals surface area contributed by atoms with Crippen LogP contribution >= 0.6 is 0 Å². The van der Waals surface area contributed by atoms with Crippen molar-refractivity contribution in [3.63, 3.8) is 0 Å². The predicted octanol–water partition coefficient (Wildman–Crippen LogP) is 6.19. The molecule has 0 unspecified atom stereocenters. The summed E-state index contributed by atoms with van der Waals surface area (Å²) in [6.07, 6.45) is 4.88. The first-order chi connectivity index (χ1) is 19.6. The first-order valence-electron chi connectivity index (χ1n) is 13.8. The van der Waals surface area contributed by atoms with E-state index < -0.39 is 6.10 Å². The summed E-state index contributed by atoms with van der Waals surface area (Å²) >= 11 is 0. The molecule has 0 saturated heterocycles. The Balaban J connectivity index is 1.68. The molecule has 1 fully saturated rings. The Labute approximate surface area is 233 Å². The Morgan fingerprint density at radius 3 is 2.10 bits per heavy atom. The lowest BCUT2D eigenvalue weighted by atomic mass is 9.92. The van der Waals surface area contributed by atoms with Gasteiger partial charge in [0.25, 0.3) is 0 Å². The summed E-state index contributed by atoms with van der Waals surface area (Å²) in [7, 11) is 3.33. The van der Waals surface area contributed by atoms with E-state index >= 15 is 0 Å². The highest BCUT2D eigenvalue weighted by Crippen LogP contribution is 2.41. The van der Waals surface area contributed by atoms with E-state index in [1.165, 1.54) is 0 Å². The average Bonchev–Trinajstić information content (AvgIpc) is 3.33. The summed E-state index contributed by atoms with van der Waals surface area (Å²) in [5, 5.41) is 21.2. The molecule has 2 N–H and O–H groups in total. The minimum absolute atomic E-state index is 0.163. The van der Waals surface area contributed by atoms with Crippen LogP contribution in [0.5, 0.6) is 11.5 Å². The normalized spacial score (nSPS) is 17.2. The number of rotatable bonds is 7. The molecule has 5 aromatic rings. The summed E-state index contributed by atoms with van der Waals surface area (Å²) in [6, 6.07) is 26.2. The molecular weight excluding hydrogens is 500 g/mol. The number of hydrogen-bond donors (Lipinski definition) is 2. The zero-order chi connectivity index (χ0) is 27.6. The molecule has 1 aliphatic rings. The zero-order valence-electron chi connectivity index (χ0n) is 22.9. The molecule has 204 valence electrons. The second-order valence-corrected chi connectivity index (χ2v) is 10.4. The van der Waals surface area contributed by atoms with Crippen LogP contribution in [0.15, 0.2) is 85.2 Å². The van der Waals surface area contributed by atoms with Crippen molar-refractivity contribution in [1.82, 2.24) is 14.1 Å². The number of aliphatic hydroxyl groups is 1. The molecule has 2 heterocycles. The van der Waals surface area contributed by atoms with Crippen molar-refractivity contribution in [3.05, 3.63) is 96.2 Å². The van der Waals surface area contributed by atoms with E-state index in [9.17, 15) is 10.5 Å². The Bertz CT molecular complexity index is 1670. The van der Waals surface area contributed by atoms with Crippen molar-refractivity contribution < 1.29 is 14.6 Å². The van der Waals surface area contributed by atoms with E-state index in [4.69, 9.17) is 14.5 Å². The second-order valence-electron chi connectivity index (χ2n) is 10.4. The van der Waals surface area contributed by atoms with Gasteiger partial charge < -0.3 is 23.7 Å². The second kappa shape index (κ2) is 11.0. The third-order valence-electron chi connectivity index (χ3n) is 8.01. The molecule has 0 radical (unpaired) electrons. The van der Waals surface area contributed by atoms with Crippen molar-refractivity contribution in [2.45, 2.75) is 44.4 Å². The van der Waals surface area contributed by atoms with Crippen molar-refractivity contribution in [2.24, 2.45) is 0 Å². The van der Waals surface area contributed by atoms with Gasteiger partial charge in [0.1, 0.15) is 22.6 Å². The van der Waals surface area contributed by atoms with Crippen LogP contribution in [-0.4, -0.2) is 39.5 Å². The highest BCUT2D eigenvalue weighted by atomic mass is 16.5. The summed E-state index contributed by atoms with van der Waals surface area (Å²) in [4.78, 5) is 4.99. The molecule has 7 nitrogen and oxygen atoms in total. The van der Waals surface area contributed by atoms with Gasteiger partial charge >= 0.3 is 0 Å². The minimum Gasteiger partial charge on any atom is -0.497 e. The zero-order valence-corrected chi connectivity index (χ0v) is 22.9. The van der Waals surface area contributed by atoms with Gasteiger partial charge in [0.2, 0.25) is 0 Å². The Morgan fingerprint density at radius 2 is 1.48 bits per heavy atom. The number of benzene rings is 3. The number of aliphatic hydroxyl groups excluding tert-OH is 1. The maximum absolute atomic E-state index is 10.9. The van der Waals surface area contributed by atoms with Crippen LogP contribution in [0.4, 0.5) is 0 Å². The van der Waals surface area contributed by atoms with Crippen LogP contribution in [0.2, 0.25) is 0 Å². The lowest BCUT2D eigenvalue weighted by molar-refractivity contribution is 0.0729. The van der Waals surface area contributed by atoms with E-state index in [0.717, 1.165) is 76.2 Å². The number of aromatic nitrogens is 3. The standard InChI is InChI=1S/C33H34N4O3/c1-39-25-16-12-23(13-17-25)29-30-32(34)37(27-10-6-7-11-28(27)38)21-35-33(30)36(20-22-8-4-3-5-9-22)31(29)24-14-18-26(40-2)19-15-24/h3-5,8-9,12-19,21,27-28,34,38H,6-7,10-11,20H2,1-2H3/t27-,28-/m1/s1. The largest absolute Gasteiger partial charge is 0.497 e. The van der Waals surface area contributed by atoms with Gasteiger partial charge in [-0.1, -0.05) is 55.3 Å². The SMILES string of the molecule is COc1ccc(-c2c(-c3ccc(OC)cc3)n(Cc3ccccc3)c3ncn([C@@H]4CCCC[C@H]4O)c(=N)c23)cc1. The lowest BCUT2D eigenvalue weighted by Gasteiger charge is -2.29. The lowest BCUT2D eigenvalue weighted by Crippen LogP contribution is -2.35. The summed E-state index contributed by atoms with van der Waals surface area (Å²) in [6.45, 7) is 0.595. The fourth-order valence-corrected chi connectivity index (χ4v) is 5.94. The highest BCUT2D eigenvalue weighted by Gasteiger charge is 2.28. The molecule has 0 amide bonds. The van der Waals surface area contributed by atoms with Crippen LogP contribution in [0.1, 0.15) is 37.3 Å². The Morgan fingerprint density at radius 1 is 0.850 bits per heavy atom. The number of methoxy groups -OCH3 is 2. The van der Waals surface area contributed by atoms with Gasteiger partial charge in [-0.2, -0.15) is 0 Å². The van der Waals surface area contributed by atoms with E-state index in [-0.39, 0.29) is 6.04 Å². The molecule has 3 aromatic carbocycles.